The Morgan fingerprint density at radius 3 is 2.48 bits per heavy atom. The van der Waals surface area contributed by atoms with Crippen molar-refractivity contribution in [1.29, 1.82) is 0 Å². The van der Waals surface area contributed by atoms with Crippen molar-refractivity contribution in [2.75, 3.05) is 0 Å². The number of fused-ring (bicyclic) bond motifs is 1. The number of imidazole rings is 1. The molecule has 0 saturated carbocycles. The Bertz CT molecular complexity index is 637. The Balaban J connectivity index is 1.87. The predicted molar refractivity (Wildman–Crippen MR) is 84.5 cm³/mol. The van der Waals surface area contributed by atoms with Gasteiger partial charge in [-0.1, -0.05) is 29.3 Å². The summed E-state index contributed by atoms with van der Waals surface area (Å²) in [4.78, 5) is 4.68. The minimum Gasteiger partial charge on any atom is -0.387 e. The van der Waals surface area contributed by atoms with Gasteiger partial charge in [-0.25, -0.2) is 4.98 Å². The normalized spacial score (nSPS) is 15.8. The Labute approximate surface area is 126 Å². The van der Waals surface area contributed by atoms with E-state index in [1.54, 1.807) is 0 Å². The Kier molecular flexibility index (Phi) is 3.85. The number of benzene rings is 1. The Hall–Kier alpha value is -1.61. The molecule has 0 aliphatic heterocycles. The zero-order valence-corrected chi connectivity index (χ0v) is 13.2. The molecule has 0 spiro atoms. The maximum absolute atomic E-state index is 10.6. The smallest absolute Gasteiger partial charge is 0.106 e. The monoisotopic (exact) mass is 284 g/mol. The van der Waals surface area contributed by atoms with Crippen LogP contribution >= 0.6 is 0 Å². The van der Waals surface area contributed by atoms with Crippen LogP contribution in [-0.2, 0) is 19.4 Å². The zero-order chi connectivity index (χ0) is 15.0. The topological polar surface area (TPSA) is 38.0 Å². The molecule has 112 valence electrons. The van der Waals surface area contributed by atoms with Crippen LogP contribution in [0, 0.1) is 20.8 Å². The second-order valence-electron chi connectivity index (χ2n) is 6.31. The summed E-state index contributed by atoms with van der Waals surface area (Å²) in [5, 5.41) is 10.6. The van der Waals surface area contributed by atoms with Gasteiger partial charge in [0.25, 0.3) is 0 Å². The van der Waals surface area contributed by atoms with E-state index in [4.69, 9.17) is 0 Å². The van der Waals surface area contributed by atoms with E-state index < -0.39 is 6.10 Å². The first-order valence-electron chi connectivity index (χ1n) is 7.85. The molecule has 1 aliphatic rings. The standard InChI is InChI=1S/C18H24N2O/c1-12-8-13(2)10-15(9-12)18(21)11-20-14(3)19-16-6-4-5-7-17(16)20/h8-10,18,21H,4-7,11H2,1-3H3. The fourth-order valence-corrected chi connectivity index (χ4v) is 3.46. The largest absolute Gasteiger partial charge is 0.387 e. The number of hydrogen-bond acceptors (Lipinski definition) is 2. The van der Waals surface area contributed by atoms with E-state index in [0.29, 0.717) is 6.54 Å². The van der Waals surface area contributed by atoms with Crippen molar-refractivity contribution in [3.63, 3.8) is 0 Å². The highest BCUT2D eigenvalue weighted by Gasteiger charge is 2.20. The molecule has 1 aromatic heterocycles. The van der Waals surface area contributed by atoms with Crippen LogP contribution in [0.1, 0.15) is 52.8 Å². The first-order valence-corrected chi connectivity index (χ1v) is 7.85. The first kappa shape index (κ1) is 14.3. The molecule has 0 bridgehead atoms. The Morgan fingerprint density at radius 1 is 1.10 bits per heavy atom. The van der Waals surface area contributed by atoms with Crippen LogP contribution < -0.4 is 0 Å². The molecular formula is C18H24N2O. The number of hydrogen-bond donors (Lipinski definition) is 1. The van der Waals surface area contributed by atoms with E-state index in [9.17, 15) is 5.11 Å². The van der Waals surface area contributed by atoms with Crippen molar-refractivity contribution in [3.8, 4) is 0 Å². The molecule has 1 N–H and O–H groups in total. The lowest BCUT2D eigenvalue weighted by Crippen LogP contribution is -2.15. The summed E-state index contributed by atoms with van der Waals surface area (Å²) < 4.78 is 2.22. The zero-order valence-electron chi connectivity index (χ0n) is 13.2. The molecule has 1 unspecified atom stereocenters. The number of aromatic nitrogens is 2. The molecule has 2 aromatic rings. The van der Waals surface area contributed by atoms with Gasteiger partial charge in [-0.3, -0.25) is 0 Å². The predicted octanol–water partition coefficient (Wildman–Crippen LogP) is 3.42. The highest BCUT2D eigenvalue weighted by atomic mass is 16.3. The molecule has 0 radical (unpaired) electrons. The maximum Gasteiger partial charge on any atom is 0.106 e. The summed E-state index contributed by atoms with van der Waals surface area (Å²) in [6, 6.07) is 6.30. The van der Waals surface area contributed by atoms with Crippen LogP contribution in [0.5, 0.6) is 0 Å². The van der Waals surface area contributed by atoms with Gasteiger partial charge >= 0.3 is 0 Å². The average molecular weight is 284 g/mol. The number of rotatable bonds is 3. The summed E-state index contributed by atoms with van der Waals surface area (Å²) in [5.41, 5.74) is 5.99. The van der Waals surface area contributed by atoms with Gasteiger partial charge < -0.3 is 9.67 Å². The van der Waals surface area contributed by atoms with Crippen LogP contribution in [-0.4, -0.2) is 14.7 Å². The molecule has 1 heterocycles. The maximum atomic E-state index is 10.6. The lowest BCUT2D eigenvalue weighted by atomic mass is 10.0. The summed E-state index contributed by atoms with van der Waals surface area (Å²) in [7, 11) is 0. The molecular weight excluding hydrogens is 260 g/mol. The third-order valence-corrected chi connectivity index (χ3v) is 4.41. The Morgan fingerprint density at radius 2 is 1.76 bits per heavy atom. The van der Waals surface area contributed by atoms with Gasteiger partial charge in [-0.15, -0.1) is 0 Å². The third-order valence-electron chi connectivity index (χ3n) is 4.41. The van der Waals surface area contributed by atoms with E-state index in [1.165, 1.54) is 35.4 Å². The number of aliphatic hydroxyl groups is 1. The van der Waals surface area contributed by atoms with Crippen molar-refractivity contribution in [2.45, 2.75) is 59.1 Å². The minimum atomic E-state index is -0.470. The molecule has 1 atom stereocenters. The highest BCUT2D eigenvalue weighted by molar-refractivity contribution is 5.30. The molecule has 3 heteroatoms. The second kappa shape index (κ2) is 5.64. The van der Waals surface area contributed by atoms with E-state index >= 15 is 0 Å². The third kappa shape index (κ3) is 2.88. The lowest BCUT2D eigenvalue weighted by Gasteiger charge is -2.19. The molecule has 0 saturated heterocycles. The van der Waals surface area contributed by atoms with Gasteiger partial charge in [0.15, 0.2) is 0 Å². The van der Waals surface area contributed by atoms with Crippen LogP contribution in [0.15, 0.2) is 18.2 Å². The van der Waals surface area contributed by atoms with Gasteiger partial charge in [0.1, 0.15) is 5.82 Å². The fourth-order valence-electron chi connectivity index (χ4n) is 3.46. The van der Waals surface area contributed by atoms with Crippen molar-refractivity contribution in [2.24, 2.45) is 0 Å². The highest BCUT2D eigenvalue weighted by Crippen LogP contribution is 2.25. The summed E-state index contributed by atoms with van der Waals surface area (Å²) in [6.45, 7) is 6.81. The molecule has 0 amide bonds. The van der Waals surface area contributed by atoms with E-state index in [1.807, 2.05) is 6.92 Å². The minimum absolute atomic E-state index is 0.470. The van der Waals surface area contributed by atoms with E-state index in [2.05, 4.69) is 41.6 Å². The SMILES string of the molecule is Cc1cc(C)cc(C(O)Cn2c(C)nc3c2CCCC3)c1. The van der Waals surface area contributed by atoms with Gasteiger partial charge in [0.05, 0.1) is 18.3 Å². The summed E-state index contributed by atoms with van der Waals surface area (Å²) in [6.07, 6.45) is 4.18. The van der Waals surface area contributed by atoms with Gasteiger partial charge in [-0.05, 0) is 52.0 Å². The number of nitrogens with zero attached hydrogens (tertiary/aromatic N) is 2. The quantitative estimate of drug-likeness (QED) is 0.938. The average Bonchev–Trinajstić information content (AvgIpc) is 2.74. The van der Waals surface area contributed by atoms with E-state index in [-0.39, 0.29) is 0 Å². The second-order valence-corrected chi connectivity index (χ2v) is 6.31. The molecule has 1 aliphatic carbocycles. The fraction of sp³-hybridized carbons (Fsp3) is 0.500. The van der Waals surface area contributed by atoms with Crippen molar-refractivity contribution in [1.82, 2.24) is 9.55 Å². The van der Waals surface area contributed by atoms with Crippen molar-refractivity contribution < 1.29 is 5.11 Å². The number of aliphatic hydroxyl groups excluding tert-OH is 1. The molecule has 3 rings (SSSR count). The van der Waals surface area contributed by atoms with Crippen molar-refractivity contribution >= 4 is 0 Å². The van der Waals surface area contributed by atoms with Crippen LogP contribution in [0.25, 0.3) is 0 Å². The van der Waals surface area contributed by atoms with Crippen LogP contribution in [0.3, 0.4) is 0 Å². The van der Waals surface area contributed by atoms with E-state index in [0.717, 1.165) is 24.2 Å². The molecule has 1 aromatic carbocycles. The van der Waals surface area contributed by atoms with Gasteiger partial charge in [0.2, 0.25) is 0 Å². The van der Waals surface area contributed by atoms with Crippen LogP contribution in [0.2, 0.25) is 0 Å². The molecule has 21 heavy (non-hydrogen) atoms. The van der Waals surface area contributed by atoms with Gasteiger partial charge in [0, 0.05) is 5.69 Å². The summed E-state index contributed by atoms with van der Waals surface area (Å²) in [5.74, 6) is 1.03. The van der Waals surface area contributed by atoms with Crippen molar-refractivity contribution in [3.05, 3.63) is 52.1 Å². The summed E-state index contributed by atoms with van der Waals surface area (Å²) >= 11 is 0. The number of aryl methyl sites for hydroxylation is 4. The molecule has 0 fully saturated rings. The lowest BCUT2D eigenvalue weighted by molar-refractivity contribution is 0.154. The first-order chi connectivity index (χ1) is 10.0. The molecule has 3 nitrogen and oxygen atoms in total. The van der Waals surface area contributed by atoms with Crippen LogP contribution in [0.4, 0.5) is 0 Å². The van der Waals surface area contributed by atoms with Gasteiger partial charge in [-0.2, -0.15) is 0 Å².